The smallest absolute Gasteiger partial charge is 0.320 e. The van der Waals surface area contributed by atoms with Crippen LogP contribution in [-0.4, -0.2) is 41.5 Å². The first-order chi connectivity index (χ1) is 8.40. The van der Waals surface area contributed by atoms with Crippen molar-refractivity contribution < 1.29 is 14.7 Å². The van der Waals surface area contributed by atoms with Crippen molar-refractivity contribution >= 4 is 47.2 Å². The number of carboxylic acids is 1. The molecule has 19 heavy (non-hydrogen) atoms. The molecule has 1 rings (SSSR count). The third kappa shape index (κ3) is 6.24. The minimum absolute atomic E-state index is 0. The van der Waals surface area contributed by atoms with E-state index in [-0.39, 0.29) is 24.9 Å². The minimum Gasteiger partial charge on any atom is -0.480 e. The van der Waals surface area contributed by atoms with Crippen molar-refractivity contribution in [2.24, 2.45) is 0 Å². The largest absolute Gasteiger partial charge is 0.480 e. The maximum absolute atomic E-state index is 11.6. The van der Waals surface area contributed by atoms with Gasteiger partial charge < -0.3 is 10.4 Å². The molecule has 5 nitrogen and oxygen atoms in total. The highest BCUT2D eigenvalue weighted by molar-refractivity contribution is 7.16. The quantitative estimate of drug-likeness (QED) is 0.837. The molecule has 1 amide bonds. The van der Waals surface area contributed by atoms with Gasteiger partial charge in [-0.05, 0) is 26.1 Å². The Labute approximate surface area is 127 Å². The molecule has 0 bridgehead atoms. The van der Waals surface area contributed by atoms with Crippen molar-refractivity contribution in [1.29, 1.82) is 0 Å². The number of halogens is 2. The Hall–Kier alpha value is -0.820. The summed E-state index contributed by atoms with van der Waals surface area (Å²) in [5.74, 6) is -1.16. The van der Waals surface area contributed by atoms with Crippen molar-refractivity contribution in [1.82, 2.24) is 10.2 Å². The van der Waals surface area contributed by atoms with Gasteiger partial charge in [0.15, 0.2) is 0 Å². The second-order valence-corrected chi connectivity index (χ2v) is 5.71. The first-order valence-electron chi connectivity index (χ1n) is 5.34. The molecule has 0 saturated carbocycles. The van der Waals surface area contributed by atoms with E-state index in [0.29, 0.717) is 10.9 Å². The molecule has 0 aliphatic heterocycles. The van der Waals surface area contributed by atoms with E-state index in [1.54, 1.807) is 13.1 Å². The fourth-order valence-electron chi connectivity index (χ4n) is 1.24. The number of carboxylic acid groups (broad SMARTS) is 1. The van der Waals surface area contributed by atoms with Crippen LogP contribution in [0.3, 0.4) is 0 Å². The van der Waals surface area contributed by atoms with Crippen molar-refractivity contribution in [2.75, 3.05) is 13.6 Å². The molecule has 1 aromatic heterocycles. The predicted molar refractivity (Wildman–Crippen MR) is 78.2 cm³/mol. The Bertz CT molecular complexity index is 439. The Kier molecular flexibility index (Phi) is 8.01. The SMILES string of the molecule is CC(C(=O)O)N(C)CC(=O)NCc1ccc(Cl)s1.Cl. The molecule has 1 atom stereocenters. The van der Waals surface area contributed by atoms with E-state index in [4.69, 9.17) is 16.7 Å². The van der Waals surface area contributed by atoms with Gasteiger partial charge in [-0.15, -0.1) is 23.7 Å². The number of amides is 1. The molecule has 1 unspecified atom stereocenters. The van der Waals surface area contributed by atoms with E-state index >= 15 is 0 Å². The third-order valence-corrected chi connectivity index (χ3v) is 3.73. The lowest BCUT2D eigenvalue weighted by molar-refractivity contribution is -0.142. The zero-order valence-corrected chi connectivity index (χ0v) is 12.9. The number of hydrogen-bond acceptors (Lipinski definition) is 4. The lowest BCUT2D eigenvalue weighted by Gasteiger charge is -2.20. The Morgan fingerprint density at radius 3 is 2.63 bits per heavy atom. The summed E-state index contributed by atoms with van der Waals surface area (Å²) in [4.78, 5) is 24.7. The molecule has 1 aromatic rings. The highest BCUT2D eigenvalue weighted by Gasteiger charge is 2.18. The topological polar surface area (TPSA) is 69.6 Å². The zero-order chi connectivity index (χ0) is 13.7. The maximum Gasteiger partial charge on any atom is 0.320 e. The summed E-state index contributed by atoms with van der Waals surface area (Å²) in [6.07, 6.45) is 0. The summed E-state index contributed by atoms with van der Waals surface area (Å²) in [6.45, 7) is 1.99. The van der Waals surface area contributed by atoms with E-state index in [2.05, 4.69) is 5.32 Å². The van der Waals surface area contributed by atoms with E-state index in [1.165, 1.54) is 23.2 Å². The molecule has 8 heteroatoms. The number of thiophene rings is 1. The normalized spacial score (nSPS) is 11.8. The summed E-state index contributed by atoms with van der Waals surface area (Å²) in [6, 6.07) is 2.93. The van der Waals surface area contributed by atoms with Gasteiger partial charge in [0, 0.05) is 4.88 Å². The first-order valence-corrected chi connectivity index (χ1v) is 6.53. The van der Waals surface area contributed by atoms with Gasteiger partial charge >= 0.3 is 5.97 Å². The fraction of sp³-hybridized carbons (Fsp3) is 0.455. The van der Waals surface area contributed by atoms with Crippen LogP contribution in [0.25, 0.3) is 0 Å². The highest BCUT2D eigenvalue weighted by atomic mass is 35.5. The molecule has 1 heterocycles. The predicted octanol–water partition coefficient (Wildman–Crippen LogP) is 1.84. The van der Waals surface area contributed by atoms with E-state index < -0.39 is 12.0 Å². The standard InChI is InChI=1S/C11H15ClN2O3S.ClH/c1-7(11(16)17)14(2)6-10(15)13-5-8-3-4-9(12)18-8;/h3-4,7H,5-6H2,1-2H3,(H,13,15)(H,16,17);1H. The lowest BCUT2D eigenvalue weighted by Crippen LogP contribution is -2.42. The number of aliphatic carboxylic acids is 1. The Morgan fingerprint density at radius 1 is 1.53 bits per heavy atom. The van der Waals surface area contributed by atoms with Crippen LogP contribution < -0.4 is 5.32 Å². The zero-order valence-electron chi connectivity index (χ0n) is 10.6. The third-order valence-electron chi connectivity index (χ3n) is 2.50. The van der Waals surface area contributed by atoms with Gasteiger partial charge in [0.2, 0.25) is 5.91 Å². The number of nitrogens with zero attached hydrogens (tertiary/aromatic N) is 1. The van der Waals surface area contributed by atoms with Gasteiger partial charge in [0.25, 0.3) is 0 Å². The molecule has 108 valence electrons. The second-order valence-electron chi connectivity index (χ2n) is 3.91. The molecular weight excluding hydrogens is 311 g/mol. The van der Waals surface area contributed by atoms with Gasteiger partial charge in [-0.2, -0.15) is 0 Å². The van der Waals surface area contributed by atoms with Gasteiger partial charge in [-0.1, -0.05) is 11.6 Å². The number of rotatable bonds is 6. The average molecular weight is 327 g/mol. The van der Waals surface area contributed by atoms with Crippen LogP contribution in [0.5, 0.6) is 0 Å². The Morgan fingerprint density at radius 2 is 2.16 bits per heavy atom. The molecule has 0 aliphatic carbocycles. The molecular formula is C11H16Cl2N2O3S. The summed E-state index contributed by atoms with van der Waals surface area (Å²) >= 11 is 7.17. The van der Waals surface area contributed by atoms with Crippen molar-refractivity contribution in [3.05, 3.63) is 21.3 Å². The summed E-state index contributed by atoms with van der Waals surface area (Å²) < 4.78 is 0.677. The number of carbonyl (C=O) groups excluding carboxylic acids is 1. The first kappa shape index (κ1) is 18.2. The average Bonchev–Trinajstić information content (AvgIpc) is 2.71. The second kappa shape index (κ2) is 8.37. The number of carbonyl (C=O) groups is 2. The van der Waals surface area contributed by atoms with Gasteiger partial charge in [-0.25, -0.2) is 0 Å². The van der Waals surface area contributed by atoms with Crippen LogP contribution in [0.15, 0.2) is 12.1 Å². The molecule has 0 aromatic carbocycles. The van der Waals surface area contributed by atoms with Crippen LogP contribution in [-0.2, 0) is 16.1 Å². The molecule has 0 aliphatic rings. The van der Waals surface area contributed by atoms with Crippen LogP contribution >= 0.6 is 35.3 Å². The molecule has 2 N–H and O–H groups in total. The minimum atomic E-state index is -0.949. The van der Waals surface area contributed by atoms with E-state index in [1.807, 2.05) is 6.07 Å². The van der Waals surface area contributed by atoms with Gasteiger partial charge in [-0.3, -0.25) is 14.5 Å². The van der Waals surface area contributed by atoms with Gasteiger partial charge in [0.1, 0.15) is 6.04 Å². The van der Waals surface area contributed by atoms with Crippen molar-refractivity contribution in [2.45, 2.75) is 19.5 Å². The van der Waals surface area contributed by atoms with Crippen LogP contribution in [0.2, 0.25) is 4.34 Å². The molecule has 0 spiro atoms. The molecule has 0 saturated heterocycles. The van der Waals surface area contributed by atoms with Crippen LogP contribution in [0.1, 0.15) is 11.8 Å². The van der Waals surface area contributed by atoms with E-state index in [9.17, 15) is 9.59 Å². The summed E-state index contributed by atoms with van der Waals surface area (Å²) in [5, 5.41) is 11.5. The summed E-state index contributed by atoms with van der Waals surface area (Å²) in [7, 11) is 1.60. The van der Waals surface area contributed by atoms with E-state index in [0.717, 1.165) is 4.88 Å². The Balaban J connectivity index is 0.00000324. The maximum atomic E-state index is 11.6. The molecule has 0 fully saturated rings. The van der Waals surface area contributed by atoms with Crippen molar-refractivity contribution in [3.8, 4) is 0 Å². The fourth-order valence-corrected chi connectivity index (χ4v) is 2.27. The van der Waals surface area contributed by atoms with Crippen LogP contribution in [0, 0.1) is 0 Å². The highest BCUT2D eigenvalue weighted by Crippen LogP contribution is 2.20. The lowest BCUT2D eigenvalue weighted by atomic mass is 10.3. The number of hydrogen-bond donors (Lipinski definition) is 2. The van der Waals surface area contributed by atoms with Crippen molar-refractivity contribution in [3.63, 3.8) is 0 Å². The monoisotopic (exact) mass is 326 g/mol. The van der Waals surface area contributed by atoms with Gasteiger partial charge in [0.05, 0.1) is 17.4 Å². The van der Waals surface area contributed by atoms with Crippen LogP contribution in [0.4, 0.5) is 0 Å². The molecule has 0 radical (unpaired) electrons. The summed E-state index contributed by atoms with van der Waals surface area (Å²) in [5.41, 5.74) is 0. The number of nitrogens with one attached hydrogen (secondary N) is 1. The number of likely N-dealkylation sites (N-methyl/N-ethyl adjacent to an activating group) is 1.